The smallest absolute Gasteiger partial charge is 0.809 e. The second kappa shape index (κ2) is 7.50. The molecule has 48 valence electrons. The molecule has 1 atom stereocenters. The van der Waals surface area contributed by atoms with Crippen molar-refractivity contribution in [2.24, 2.45) is 5.73 Å². The van der Waals surface area contributed by atoms with Crippen molar-refractivity contribution in [3.05, 3.63) is 12.7 Å². The second-order valence-corrected chi connectivity index (χ2v) is 2.94. The van der Waals surface area contributed by atoms with Crippen LogP contribution in [0.25, 0.3) is 0 Å². The molecular formula is C3H6NNa2O3P. The van der Waals surface area contributed by atoms with Crippen molar-refractivity contribution in [1.82, 2.24) is 0 Å². The minimum atomic E-state index is -4.60. The van der Waals surface area contributed by atoms with Crippen LogP contribution in [0.15, 0.2) is 12.7 Å². The molecular weight excluding hydrogens is 175 g/mol. The molecule has 0 fully saturated rings. The Balaban J connectivity index is -0.000000245. The zero-order valence-electron chi connectivity index (χ0n) is 6.11. The van der Waals surface area contributed by atoms with Crippen molar-refractivity contribution in [3.63, 3.8) is 0 Å². The Morgan fingerprint density at radius 3 is 1.80 bits per heavy atom. The summed E-state index contributed by atoms with van der Waals surface area (Å²) in [5.74, 6) is -1.44. The Labute approximate surface area is 104 Å². The third kappa shape index (κ3) is 7.95. The van der Waals surface area contributed by atoms with Crippen LogP contribution in [0.5, 0.6) is 0 Å². The predicted octanol–water partition coefficient (Wildman–Crippen LogP) is -7.62. The Morgan fingerprint density at radius 1 is 1.50 bits per heavy atom. The first-order valence-electron chi connectivity index (χ1n) is 1.88. The number of hydrogen-bond acceptors (Lipinski definition) is 4. The van der Waals surface area contributed by atoms with Crippen LogP contribution in [-0.2, 0) is 4.57 Å². The molecule has 4 nitrogen and oxygen atoms in total. The fraction of sp³-hybridized carbons (Fsp3) is 0.333. The zero-order chi connectivity index (χ0) is 6.78. The van der Waals surface area contributed by atoms with Gasteiger partial charge in [0.2, 0.25) is 0 Å². The van der Waals surface area contributed by atoms with Gasteiger partial charge in [0.15, 0.2) is 0 Å². The van der Waals surface area contributed by atoms with Crippen LogP contribution in [0, 0.1) is 0 Å². The van der Waals surface area contributed by atoms with Crippen LogP contribution in [0.1, 0.15) is 0 Å². The van der Waals surface area contributed by atoms with Crippen molar-refractivity contribution in [1.29, 1.82) is 0 Å². The summed E-state index contributed by atoms with van der Waals surface area (Å²) in [7, 11) is -4.60. The molecule has 2 N–H and O–H groups in total. The third-order valence-corrected chi connectivity index (χ3v) is 1.55. The maximum absolute atomic E-state index is 9.84. The molecule has 0 radical (unpaired) electrons. The third-order valence-electron chi connectivity index (χ3n) is 0.607. The number of nitrogens with two attached hydrogens (primary N) is 1. The first kappa shape index (κ1) is 17.8. The monoisotopic (exact) mass is 181 g/mol. The van der Waals surface area contributed by atoms with E-state index in [1.807, 2.05) is 0 Å². The van der Waals surface area contributed by atoms with Gasteiger partial charge in [-0.05, 0) is 7.60 Å². The Kier molecular flexibility index (Phi) is 13.4. The van der Waals surface area contributed by atoms with E-state index in [9.17, 15) is 14.4 Å². The summed E-state index contributed by atoms with van der Waals surface area (Å²) in [5, 5.41) is 0. The predicted molar refractivity (Wildman–Crippen MR) is 25.8 cm³/mol. The first-order chi connectivity index (χ1) is 3.48. The van der Waals surface area contributed by atoms with E-state index in [4.69, 9.17) is 5.73 Å². The van der Waals surface area contributed by atoms with Crippen molar-refractivity contribution in [2.75, 3.05) is 0 Å². The minimum absolute atomic E-state index is 0. The van der Waals surface area contributed by atoms with Gasteiger partial charge in [-0.15, -0.1) is 6.58 Å². The van der Waals surface area contributed by atoms with Gasteiger partial charge in [-0.25, -0.2) is 0 Å². The van der Waals surface area contributed by atoms with Crippen LogP contribution >= 0.6 is 7.60 Å². The number of hydrogen-bond donors (Lipinski definition) is 1. The van der Waals surface area contributed by atoms with E-state index >= 15 is 0 Å². The Hall–Kier alpha value is 1.85. The average Bonchev–Trinajstić information content (AvgIpc) is 1.62. The normalized spacial score (nSPS) is 12.3. The van der Waals surface area contributed by atoms with Crippen LogP contribution in [0.2, 0.25) is 0 Å². The maximum Gasteiger partial charge on any atom is 1.00 e. The Morgan fingerprint density at radius 2 is 1.80 bits per heavy atom. The van der Waals surface area contributed by atoms with Gasteiger partial charge in [0.25, 0.3) is 0 Å². The quantitative estimate of drug-likeness (QED) is 0.260. The van der Waals surface area contributed by atoms with E-state index < -0.39 is 13.4 Å². The molecule has 0 rings (SSSR count). The molecule has 10 heavy (non-hydrogen) atoms. The second-order valence-electron chi connectivity index (χ2n) is 1.27. The topological polar surface area (TPSA) is 89.2 Å². The zero-order valence-corrected chi connectivity index (χ0v) is 11.0. The van der Waals surface area contributed by atoms with Gasteiger partial charge in [-0.2, -0.15) is 0 Å². The fourth-order valence-electron chi connectivity index (χ4n) is 0.129. The van der Waals surface area contributed by atoms with Crippen molar-refractivity contribution in [3.8, 4) is 0 Å². The molecule has 0 saturated carbocycles. The molecule has 0 heterocycles. The summed E-state index contributed by atoms with van der Waals surface area (Å²) in [6.07, 6.45) is 0.890. The molecule has 0 amide bonds. The van der Waals surface area contributed by atoms with Gasteiger partial charge in [-0.3, -0.25) is 0 Å². The van der Waals surface area contributed by atoms with Crippen LogP contribution in [0.4, 0.5) is 0 Å². The SMILES string of the molecule is C=CC(N)P(=O)([O-])[O-].[Na+].[Na+]. The minimum Gasteiger partial charge on any atom is -0.809 e. The average molecular weight is 181 g/mol. The van der Waals surface area contributed by atoms with Crippen molar-refractivity contribution < 1.29 is 73.5 Å². The van der Waals surface area contributed by atoms with Crippen molar-refractivity contribution in [2.45, 2.75) is 5.78 Å². The molecule has 0 aliphatic carbocycles. The molecule has 1 unspecified atom stereocenters. The van der Waals surface area contributed by atoms with Gasteiger partial charge < -0.3 is 20.1 Å². The van der Waals surface area contributed by atoms with Gasteiger partial charge >= 0.3 is 59.1 Å². The maximum atomic E-state index is 9.84. The molecule has 0 aliphatic heterocycles. The van der Waals surface area contributed by atoms with E-state index in [2.05, 4.69) is 6.58 Å². The summed E-state index contributed by atoms with van der Waals surface area (Å²) in [5.41, 5.74) is 4.74. The van der Waals surface area contributed by atoms with E-state index in [1.54, 1.807) is 0 Å². The molecule has 0 bridgehead atoms. The molecule has 0 spiro atoms. The molecule has 0 aliphatic rings. The van der Waals surface area contributed by atoms with E-state index in [0.29, 0.717) is 0 Å². The molecule has 0 aromatic rings. The van der Waals surface area contributed by atoms with Crippen LogP contribution in [0.3, 0.4) is 0 Å². The van der Waals surface area contributed by atoms with E-state index in [-0.39, 0.29) is 59.1 Å². The van der Waals surface area contributed by atoms with Crippen LogP contribution < -0.4 is 74.6 Å². The molecule has 7 heteroatoms. The fourth-order valence-corrected chi connectivity index (χ4v) is 0.387. The van der Waals surface area contributed by atoms with E-state index in [1.165, 1.54) is 0 Å². The summed E-state index contributed by atoms with van der Waals surface area (Å²) >= 11 is 0. The van der Waals surface area contributed by atoms with E-state index in [0.717, 1.165) is 6.08 Å². The summed E-state index contributed by atoms with van der Waals surface area (Å²) < 4.78 is 9.84. The van der Waals surface area contributed by atoms with Gasteiger partial charge in [0.1, 0.15) is 0 Å². The summed E-state index contributed by atoms with van der Waals surface area (Å²) in [6, 6.07) is 0. The summed E-state index contributed by atoms with van der Waals surface area (Å²) in [4.78, 5) is 19.7. The number of rotatable bonds is 2. The first-order valence-corrected chi connectivity index (χ1v) is 3.49. The molecule has 0 aromatic heterocycles. The molecule has 0 saturated heterocycles. The van der Waals surface area contributed by atoms with Gasteiger partial charge in [0.05, 0.1) is 5.78 Å². The van der Waals surface area contributed by atoms with Crippen LogP contribution in [-0.4, -0.2) is 5.78 Å². The standard InChI is InChI=1S/C3H8NO3P.2Na/c1-2-3(4)8(5,6)7;;/h2-3H,1,4H2,(H2,5,6,7);;/q;2*+1/p-2. The van der Waals surface area contributed by atoms with Crippen molar-refractivity contribution >= 4 is 7.60 Å². The van der Waals surface area contributed by atoms with Gasteiger partial charge in [-0.1, -0.05) is 6.08 Å². The van der Waals surface area contributed by atoms with Gasteiger partial charge in [0, 0.05) is 0 Å². The summed E-state index contributed by atoms with van der Waals surface area (Å²) in [6.45, 7) is 3.03. The largest absolute Gasteiger partial charge is 1.00 e. The Bertz CT molecular complexity index is 136. The molecule has 0 aromatic carbocycles.